The van der Waals surface area contributed by atoms with Crippen LogP contribution in [0.3, 0.4) is 0 Å². The van der Waals surface area contributed by atoms with Gasteiger partial charge in [0.15, 0.2) is 0 Å². The second-order valence-corrected chi connectivity index (χ2v) is 6.61. The van der Waals surface area contributed by atoms with Crippen molar-refractivity contribution in [2.45, 2.75) is 50.5 Å². The molecule has 0 saturated heterocycles. The number of aliphatic carboxylic acids is 1. The first kappa shape index (κ1) is 12.2. The fraction of sp³-hybridized carbons (Fsp3) is 0.800. The molecule has 18 heavy (non-hydrogen) atoms. The van der Waals surface area contributed by atoms with E-state index in [1.807, 2.05) is 0 Å². The maximum absolute atomic E-state index is 10.7. The van der Waals surface area contributed by atoms with E-state index in [1.165, 1.54) is 38.5 Å². The molecule has 4 saturated carbocycles. The molecule has 0 aliphatic heterocycles. The summed E-state index contributed by atoms with van der Waals surface area (Å²) in [5.74, 6) is 1.72. The van der Waals surface area contributed by atoms with Crippen molar-refractivity contribution in [1.29, 1.82) is 0 Å². The first-order chi connectivity index (χ1) is 8.56. The summed E-state index contributed by atoms with van der Waals surface area (Å²) in [6.07, 6.45) is 8.30. The highest BCUT2D eigenvalue weighted by Gasteiger charge is 2.51. The first-order valence-electron chi connectivity index (χ1n) is 7.11. The Balaban J connectivity index is 1.56. The predicted octanol–water partition coefficient (Wildman–Crippen LogP) is 3.00. The lowest BCUT2D eigenvalue weighted by Crippen LogP contribution is -2.52. The van der Waals surface area contributed by atoms with E-state index in [9.17, 15) is 4.79 Å². The molecule has 0 heterocycles. The van der Waals surface area contributed by atoms with Gasteiger partial charge in [-0.1, -0.05) is 6.58 Å². The molecule has 0 aromatic rings. The number of carboxylic acid groups (broad SMARTS) is 1. The highest BCUT2D eigenvalue weighted by molar-refractivity contribution is 5.85. The number of hydrogen-bond acceptors (Lipinski definition) is 2. The van der Waals surface area contributed by atoms with Crippen LogP contribution in [-0.4, -0.2) is 23.3 Å². The average Bonchev–Trinajstić information content (AvgIpc) is 2.26. The highest BCUT2D eigenvalue weighted by atomic mass is 16.5. The van der Waals surface area contributed by atoms with Crippen LogP contribution in [-0.2, 0) is 9.53 Å². The predicted molar refractivity (Wildman–Crippen MR) is 68.2 cm³/mol. The Hall–Kier alpha value is -0.830. The van der Waals surface area contributed by atoms with E-state index in [0.717, 1.165) is 17.8 Å². The van der Waals surface area contributed by atoms with Crippen molar-refractivity contribution in [3.05, 3.63) is 12.2 Å². The SMILES string of the molecule is C=C(CCOC12CC3CC(CC(C3)C1)C2)C(=O)O. The second kappa shape index (κ2) is 4.37. The molecule has 3 heteroatoms. The molecule has 4 rings (SSSR count). The summed E-state index contributed by atoms with van der Waals surface area (Å²) in [4.78, 5) is 10.7. The lowest BCUT2D eigenvalue weighted by atomic mass is 9.54. The van der Waals surface area contributed by atoms with Crippen LogP contribution >= 0.6 is 0 Å². The Labute approximate surface area is 108 Å². The van der Waals surface area contributed by atoms with E-state index in [2.05, 4.69) is 6.58 Å². The molecule has 0 aromatic heterocycles. The lowest BCUT2D eigenvalue weighted by molar-refractivity contribution is -0.162. The van der Waals surface area contributed by atoms with Crippen molar-refractivity contribution < 1.29 is 14.6 Å². The Morgan fingerprint density at radius 3 is 2.11 bits per heavy atom. The minimum absolute atomic E-state index is 0.0908. The number of carboxylic acids is 1. The van der Waals surface area contributed by atoms with E-state index in [-0.39, 0.29) is 11.2 Å². The molecule has 0 unspecified atom stereocenters. The quantitative estimate of drug-likeness (QED) is 0.763. The van der Waals surface area contributed by atoms with Crippen LogP contribution in [0.25, 0.3) is 0 Å². The third-order valence-corrected chi connectivity index (χ3v) is 5.10. The molecular formula is C15H22O3. The molecule has 4 bridgehead atoms. The Bertz CT molecular complexity index is 337. The molecule has 4 aliphatic rings. The van der Waals surface area contributed by atoms with Crippen LogP contribution in [0.15, 0.2) is 12.2 Å². The maximum atomic E-state index is 10.7. The molecular weight excluding hydrogens is 228 g/mol. The van der Waals surface area contributed by atoms with Gasteiger partial charge in [-0.15, -0.1) is 0 Å². The van der Waals surface area contributed by atoms with Gasteiger partial charge in [0, 0.05) is 12.0 Å². The zero-order chi connectivity index (χ0) is 12.8. The molecule has 0 amide bonds. The van der Waals surface area contributed by atoms with Crippen LogP contribution < -0.4 is 0 Å². The van der Waals surface area contributed by atoms with Gasteiger partial charge in [0.2, 0.25) is 0 Å². The van der Waals surface area contributed by atoms with E-state index in [0.29, 0.717) is 13.0 Å². The summed E-state index contributed by atoms with van der Waals surface area (Å²) in [7, 11) is 0. The zero-order valence-corrected chi connectivity index (χ0v) is 10.9. The zero-order valence-electron chi connectivity index (χ0n) is 10.9. The van der Waals surface area contributed by atoms with Gasteiger partial charge in [-0.2, -0.15) is 0 Å². The third kappa shape index (κ3) is 2.20. The average molecular weight is 250 g/mol. The van der Waals surface area contributed by atoms with E-state index >= 15 is 0 Å². The van der Waals surface area contributed by atoms with Crippen molar-refractivity contribution in [2.24, 2.45) is 17.8 Å². The number of hydrogen-bond donors (Lipinski definition) is 1. The Kier molecular flexibility index (Phi) is 2.97. The number of carbonyl (C=O) groups is 1. The van der Waals surface area contributed by atoms with Gasteiger partial charge in [-0.3, -0.25) is 0 Å². The van der Waals surface area contributed by atoms with Gasteiger partial charge in [-0.05, 0) is 56.3 Å². The fourth-order valence-corrected chi connectivity index (χ4v) is 4.71. The molecule has 100 valence electrons. The van der Waals surface area contributed by atoms with Gasteiger partial charge < -0.3 is 9.84 Å². The molecule has 0 atom stereocenters. The van der Waals surface area contributed by atoms with Crippen molar-refractivity contribution in [2.75, 3.05) is 6.61 Å². The van der Waals surface area contributed by atoms with Gasteiger partial charge in [0.05, 0.1) is 12.2 Å². The molecule has 3 nitrogen and oxygen atoms in total. The summed E-state index contributed by atoms with van der Waals surface area (Å²) in [5, 5.41) is 8.79. The van der Waals surface area contributed by atoms with Crippen LogP contribution in [0.4, 0.5) is 0 Å². The van der Waals surface area contributed by atoms with E-state index in [4.69, 9.17) is 9.84 Å². The molecule has 0 radical (unpaired) electrons. The smallest absolute Gasteiger partial charge is 0.331 e. The van der Waals surface area contributed by atoms with Crippen LogP contribution in [0.1, 0.15) is 44.9 Å². The first-order valence-corrected chi connectivity index (χ1v) is 7.11. The number of ether oxygens (including phenoxy) is 1. The largest absolute Gasteiger partial charge is 0.478 e. The van der Waals surface area contributed by atoms with Gasteiger partial charge in [-0.25, -0.2) is 4.79 Å². The topological polar surface area (TPSA) is 46.5 Å². The minimum atomic E-state index is -0.899. The van der Waals surface area contributed by atoms with Crippen molar-refractivity contribution in [3.63, 3.8) is 0 Å². The molecule has 0 spiro atoms. The van der Waals surface area contributed by atoms with Gasteiger partial charge in [0.1, 0.15) is 0 Å². The highest BCUT2D eigenvalue weighted by Crippen LogP contribution is 2.57. The fourth-order valence-electron chi connectivity index (χ4n) is 4.71. The summed E-state index contributed by atoms with van der Waals surface area (Å²) in [6.45, 7) is 4.08. The van der Waals surface area contributed by atoms with Gasteiger partial charge >= 0.3 is 5.97 Å². The molecule has 0 aromatic carbocycles. The lowest BCUT2D eigenvalue weighted by Gasteiger charge is -2.56. The third-order valence-electron chi connectivity index (χ3n) is 5.10. The van der Waals surface area contributed by atoms with Crippen LogP contribution in [0, 0.1) is 17.8 Å². The second-order valence-electron chi connectivity index (χ2n) is 6.61. The molecule has 1 N–H and O–H groups in total. The van der Waals surface area contributed by atoms with E-state index in [1.54, 1.807) is 0 Å². The van der Waals surface area contributed by atoms with Crippen molar-refractivity contribution in [3.8, 4) is 0 Å². The summed E-state index contributed by atoms with van der Waals surface area (Å²) in [6, 6.07) is 0. The van der Waals surface area contributed by atoms with E-state index < -0.39 is 5.97 Å². The standard InChI is InChI=1S/C15H22O3/c1-10(14(16)17)2-3-18-15-7-11-4-12(8-15)6-13(5-11)9-15/h11-13H,1-9H2,(H,16,17). The van der Waals surface area contributed by atoms with Gasteiger partial charge in [0.25, 0.3) is 0 Å². The molecule has 4 fully saturated rings. The summed E-state index contributed by atoms with van der Waals surface area (Å²) >= 11 is 0. The monoisotopic (exact) mass is 250 g/mol. The Morgan fingerprint density at radius 2 is 1.67 bits per heavy atom. The summed E-state index contributed by atoms with van der Waals surface area (Å²) < 4.78 is 6.14. The summed E-state index contributed by atoms with van der Waals surface area (Å²) in [5.41, 5.74) is 0.354. The normalized spacial score (nSPS) is 41.0. The van der Waals surface area contributed by atoms with Crippen LogP contribution in [0.2, 0.25) is 0 Å². The number of rotatable bonds is 5. The Morgan fingerprint density at radius 1 is 1.17 bits per heavy atom. The minimum Gasteiger partial charge on any atom is -0.478 e. The van der Waals surface area contributed by atoms with Crippen molar-refractivity contribution >= 4 is 5.97 Å². The molecule has 4 aliphatic carbocycles. The van der Waals surface area contributed by atoms with Crippen molar-refractivity contribution in [1.82, 2.24) is 0 Å². The maximum Gasteiger partial charge on any atom is 0.331 e. The van der Waals surface area contributed by atoms with Crippen LogP contribution in [0.5, 0.6) is 0 Å².